The molecular formula is C25H33N3O3. The number of hydrogen-bond donors (Lipinski definition) is 1. The number of carbonyl (C=O) groups is 2. The molecule has 0 radical (unpaired) electrons. The molecule has 2 aromatic carbocycles. The molecule has 2 aromatic rings. The van der Waals surface area contributed by atoms with Gasteiger partial charge in [-0.2, -0.15) is 0 Å². The maximum Gasteiger partial charge on any atom is 0.225 e. The summed E-state index contributed by atoms with van der Waals surface area (Å²) in [5.41, 5.74) is 3.36. The molecule has 1 aliphatic rings. The van der Waals surface area contributed by atoms with Crippen molar-refractivity contribution in [3.8, 4) is 5.75 Å². The van der Waals surface area contributed by atoms with Crippen LogP contribution in [0.4, 0.5) is 0 Å². The first-order valence-electron chi connectivity index (χ1n) is 10.9. The molecule has 1 atom stereocenters. The van der Waals surface area contributed by atoms with Gasteiger partial charge in [-0.3, -0.25) is 14.5 Å². The van der Waals surface area contributed by atoms with Crippen molar-refractivity contribution < 1.29 is 14.3 Å². The maximum absolute atomic E-state index is 13.1. The first-order valence-corrected chi connectivity index (χ1v) is 10.9. The highest BCUT2D eigenvalue weighted by Crippen LogP contribution is 2.20. The maximum atomic E-state index is 13.1. The number of benzene rings is 2. The number of ether oxygens (including phenoxy) is 1. The minimum Gasteiger partial charge on any atom is -0.497 e. The van der Waals surface area contributed by atoms with Crippen LogP contribution in [0.3, 0.4) is 0 Å². The van der Waals surface area contributed by atoms with Gasteiger partial charge < -0.3 is 15.0 Å². The van der Waals surface area contributed by atoms with Gasteiger partial charge in [-0.15, -0.1) is 0 Å². The highest BCUT2D eigenvalue weighted by Gasteiger charge is 2.23. The van der Waals surface area contributed by atoms with Crippen molar-refractivity contribution in [1.82, 2.24) is 15.1 Å². The Morgan fingerprint density at radius 1 is 1.00 bits per heavy atom. The Morgan fingerprint density at radius 3 is 2.35 bits per heavy atom. The Balaban J connectivity index is 1.58. The Labute approximate surface area is 185 Å². The highest BCUT2D eigenvalue weighted by molar-refractivity contribution is 5.79. The van der Waals surface area contributed by atoms with Crippen LogP contribution < -0.4 is 10.1 Å². The Bertz CT molecular complexity index is 865. The second-order valence-corrected chi connectivity index (χ2v) is 8.23. The Morgan fingerprint density at radius 2 is 1.71 bits per heavy atom. The number of aryl methyl sites for hydroxylation is 1. The lowest BCUT2D eigenvalue weighted by Crippen LogP contribution is -2.38. The number of hydrogen-bond acceptors (Lipinski definition) is 4. The SMILES string of the molecule is COc1ccc(CN2CCCN(C(=O)CC(NC(C)=O)c3ccc(C)cc3)CC2)cc1. The average molecular weight is 424 g/mol. The molecule has 1 heterocycles. The monoisotopic (exact) mass is 423 g/mol. The molecule has 6 nitrogen and oxygen atoms in total. The van der Waals surface area contributed by atoms with Crippen LogP contribution in [0.1, 0.15) is 42.5 Å². The summed E-state index contributed by atoms with van der Waals surface area (Å²) in [6.07, 6.45) is 1.22. The summed E-state index contributed by atoms with van der Waals surface area (Å²) in [5, 5.41) is 2.94. The third-order valence-corrected chi connectivity index (χ3v) is 5.74. The van der Waals surface area contributed by atoms with Crippen LogP contribution in [0.15, 0.2) is 48.5 Å². The van der Waals surface area contributed by atoms with Crippen LogP contribution >= 0.6 is 0 Å². The summed E-state index contributed by atoms with van der Waals surface area (Å²) in [4.78, 5) is 29.1. The van der Waals surface area contributed by atoms with Crippen LogP contribution in [-0.4, -0.2) is 54.9 Å². The highest BCUT2D eigenvalue weighted by atomic mass is 16.5. The van der Waals surface area contributed by atoms with E-state index in [1.165, 1.54) is 12.5 Å². The molecule has 0 saturated carbocycles. The van der Waals surface area contributed by atoms with Crippen molar-refractivity contribution in [2.75, 3.05) is 33.3 Å². The van der Waals surface area contributed by atoms with Gasteiger partial charge in [0.1, 0.15) is 5.75 Å². The number of rotatable bonds is 7. The third kappa shape index (κ3) is 6.82. The molecule has 2 amide bonds. The number of methoxy groups -OCH3 is 1. The van der Waals surface area contributed by atoms with Crippen LogP contribution in [0.2, 0.25) is 0 Å². The molecule has 3 rings (SSSR count). The van der Waals surface area contributed by atoms with E-state index in [1.807, 2.05) is 48.2 Å². The fraction of sp³-hybridized carbons (Fsp3) is 0.440. The molecule has 1 unspecified atom stereocenters. The minimum atomic E-state index is -0.302. The van der Waals surface area contributed by atoms with E-state index in [0.717, 1.165) is 49.5 Å². The summed E-state index contributed by atoms with van der Waals surface area (Å²) in [5.74, 6) is 0.823. The van der Waals surface area contributed by atoms with Crippen molar-refractivity contribution >= 4 is 11.8 Å². The average Bonchev–Trinajstić information content (AvgIpc) is 3.00. The Kier molecular flexibility index (Phi) is 8.06. The van der Waals surface area contributed by atoms with E-state index in [-0.39, 0.29) is 24.3 Å². The first kappa shape index (κ1) is 22.8. The topological polar surface area (TPSA) is 61.9 Å². The van der Waals surface area contributed by atoms with Crippen LogP contribution in [0.25, 0.3) is 0 Å². The molecule has 1 fully saturated rings. The second kappa shape index (κ2) is 11.0. The van der Waals surface area contributed by atoms with Crippen molar-refractivity contribution in [1.29, 1.82) is 0 Å². The summed E-state index contributed by atoms with van der Waals surface area (Å²) in [7, 11) is 1.67. The van der Waals surface area contributed by atoms with Crippen LogP contribution in [-0.2, 0) is 16.1 Å². The molecule has 1 saturated heterocycles. The standard InChI is InChI=1S/C25H33N3O3/c1-19-5-9-22(10-6-19)24(26-20(2)29)17-25(30)28-14-4-13-27(15-16-28)18-21-7-11-23(31-3)12-8-21/h5-12,24H,4,13-18H2,1-3H3,(H,26,29). The zero-order valence-electron chi connectivity index (χ0n) is 18.8. The molecule has 0 bridgehead atoms. The van der Waals surface area contributed by atoms with Gasteiger partial charge in [0.15, 0.2) is 0 Å². The van der Waals surface area contributed by atoms with Crippen LogP contribution in [0, 0.1) is 6.92 Å². The smallest absolute Gasteiger partial charge is 0.225 e. The molecule has 166 valence electrons. The van der Waals surface area contributed by atoms with Crippen molar-refractivity contribution in [3.63, 3.8) is 0 Å². The number of carbonyl (C=O) groups excluding carboxylic acids is 2. The fourth-order valence-electron chi connectivity index (χ4n) is 3.97. The zero-order valence-corrected chi connectivity index (χ0v) is 18.8. The molecule has 0 aromatic heterocycles. The first-order chi connectivity index (χ1) is 14.9. The second-order valence-electron chi connectivity index (χ2n) is 8.23. The normalized spacial score (nSPS) is 15.8. The lowest BCUT2D eigenvalue weighted by atomic mass is 10.0. The Hall–Kier alpha value is -2.86. The van der Waals surface area contributed by atoms with Crippen molar-refractivity contribution in [3.05, 3.63) is 65.2 Å². The largest absolute Gasteiger partial charge is 0.497 e. The van der Waals surface area contributed by atoms with E-state index in [0.29, 0.717) is 6.54 Å². The molecular weight excluding hydrogens is 390 g/mol. The van der Waals surface area contributed by atoms with E-state index in [1.54, 1.807) is 7.11 Å². The summed E-state index contributed by atoms with van der Waals surface area (Å²) in [6, 6.07) is 15.8. The molecule has 0 aliphatic carbocycles. The number of amides is 2. The lowest BCUT2D eigenvalue weighted by Gasteiger charge is -2.25. The summed E-state index contributed by atoms with van der Waals surface area (Å²) in [6.45, 7) is 7.64. The predicted molar refractivity (Wildman–Crippen MR) is 122 cm³/mol. The molecule has 1 N–H and O–H groups in total. The van der Waals surface area contributed by atoms with Gasteiger partial charge in [-0.05, 0) is 36.6 Å². The molecule has 0 spiro atoms. The summed E-state index contributed by atoms with van der Waals surface area (Å²) >= 11 is 0. The van der Waals surface area contributed by atoms with E-state index < -0.39 is 0 Å². The van der Waals surface area contributed by atoms with E-state index in [9.17, 15) is 9.59 Å². The summed E-state index contributed by atoms with van der Waals surface area (Å²) < 4.78 is 5.23. The lowest BCUT2D eigenvalue weighted by molar-refractivity contribution is -0.132. The quantitative estimate of drug-likeness (QED) is 0.742. The molecule has 6 heteroatoms. The number of nitrogens with zero attached hydrogens (tertiary/aromatic N) is 2. The predicted octanol–water partition coefficient (Wildman–Crippen LogP) is 3.31. The third-order valence-electron chi connectivity index (χ3n) is 5.74. The number of nitrogens with one attached hydrogen (secondary N) is 1. The van der Waals surface area contributed by atoms with Crippen molar-refractivity contribution in [2.45, 2.75) is 39.3 Å². The van der Waals surface area contributed by atoms with Gasteiger partial charge in [0.25, 0.3) is 0 Å². The van der Waals surface area contributed by atoms with Gasteiger partial charge in [-0.25, -0.2) is 0 Å². The van der Waals surface area contributed by atoms with Gasteiger partial charge >= 0.3 is 0 Å². The van der Waals surface area contributed by atoms with E-state index in [4.69, 9.17) is 4.74 Å². The van der Waals surface area contributed by atoms with E-state index in [2.05, 4.69) is 22.3 Å². The fourth-order valence-corrected chi connectivity index (χ4v) is 3.97. The van der Waals surface area contributed by atoms with Gasteiger partial charge in [0.2, 0.25) is 11.8 Å². The van der Waals surface area contributed by atoms with Gasteiger partial charge in [0, 0.05) is 39.6 Å². The van der Waals surface area contributed by atoms with E-state index >= 15 is 0 Å². The van der Waals surface area contributed by atoms with Gasteiger partial charge in [0.05, 0.1) is 19.6 Å². The van der Waals surface area contributed by atoms with Gasteiger partial charge in [-0.1, -0.05) is 42.0 Å². The molecule has 1 aliphatic heterocycles. The van der Waals surface area contributed by atoms with Crippen LogP contribution in [0.5, 0.6) is 5.75 Å². The minimum absolute atomic E-state index is 0.0885. The van der Waals surface area contributed by atoms with Crippen molar-refractivity contribution in [2.24, 2.45) is 0 Å². The molecule has 31 heavy (non-hydrogen) atoms. The zero-order chi connectivity index (χ0) is 22.2.